The van der Waals surface area contributed by atoms with Crippen LogP contribution in [-0.2, 0) is 11.2 Å². The van der Waals surface area contributed by atoms with Crippen LogP contribution in [0.3, 0.4) is 0 Å². The van der Waals surface area contributed by atoms with Crippen LogP contribution in [0.5, 0.6) is 0 Å². The van der Waals surface area contributed by atoms with Gasteiger partial charge in [0, 0.05) is 6.42 Å². The molecule has 1 amide bonds. The molecule has 130 valence electrons. The zero-order valence-electron chi connectivity index (χ0n) is 14.0. The van der Waals surface area contributed by atoms with Gasteiger partial charge < -0.3 is 0 Å². The number of hydrogen-bond donors (Lipinski definition) is 1. The van der Waals surface area contributed by atoms with Crippen molar-refractivity contribution in [3.05, 3.63) is 39.6 Å². The summed E-state index contributed by atoms with van der Waals surface area (Å²) >= 11 is 1.34. The molecule has 0 aliphatic carbocycles. The van der Waals surface area contributed by atoms with Gasteiger partial charge in [0.05, 0.1) is 5.39 Å². The van der Waals surface area contributed by atoms with E-state index in [1.165, 1.54) is 11.3 Å². The van der Waals surface area contributed by atoms with Crippen molar-refractivity contribution in [2.75, 3.05) is 5.32 Å². The first-order valence-electron chi connectivity index (χ1n) is 8.11. The Labute approximate surface area is 147 Å². The standard InChI is InChI=1S/C16H18N6O2S/c1-3-7-13-19-20-16(25-13)17-14(23)12(4-2)22-15(24)10-8-5-6-9-11(10)18-21-22/h5-6,8-9,12H,3-4,7H2,1-2H3,(H,17,20,23)/t12-/m1/s1. The minimum absolute atomic E-state index is 0.337. The lowest BCUT2D eigenvalue weighted by Gasteiger charge is -2.15. The molecule has 0 aliphatic heterocycles. The molecule has 9 heteroatoms. The van der Waals surface area contributed by atoms with Crippen LogP contribution < -0.4 is 10.9 Å². The molecular weight excluding hydrogens is 340 g/mol. The minimum Gasteiger partial charge on any atom is -0.299 e. The first-order valence-corrected chi connectivity index (χ1v) is 8.93. The van der Waals surface area contributed by atoms with Gasteiger partial charge >= 0.3 is 0 Å². The number of fused-ring (bicyclic) bond motifs is 1. The number of rotatable bonds is 6. The van der Waals surface area contributed by atoms with Gasteiger partial charge in [-0.3, -0.25) is 14.9 Å². The average molecular weight is 358 g/mol. The monoisotopic (exact) mass is 358 g/mol. The predicted molar refractivity (Wildman–Crippen MR) is 95.7 cm³/mol. The number of aromatic nitrogens is 5. The lowest BCUT2D eigenvalue weighted by atomic mass is 10.2. The molecule has 0 fully saturated rings. The summed E-state index contributed by atoms with van der Waals surface area (Å²) in [6.45, 7) is 3.87. The molecule has 0 bridgehead atoms. The topological polar surface area (TPSA) is 103 Å². The quantitative estimate of drug-likeness (QED) is 0.724. The number of amides is 1. The fraction of sp³-hybridized carbons (Fsp3) is 0.375. The van der Waals surface area contributed by atoms with Crippen LogP contribution in [0.1, 0.15) is 37.7 Å². The van der Waals surface area contributed by atoms with E-state index in [1.807, 2.05) is 6.92 Å². The first kappa shape index (κ1) is 17.2. The summed E-state index contributed by atoms with van der Waals surface area (Å²) in [7, 11) is 0. The van der Waals surface area contributed by atoms with Crippen LogP contribution in [-0.4, -0.2) is 31.1 Å². The maximum atomic E-state index is 12.6. The zero-order valence-corrected chi connectivity index (χ0v) is 14.8. The molecular formula is C16H18N6O2S. The van der Waals surface area contributed by atoms with E-state index in [4.69, 9.17) is 0 Å². The Kier molecular flexibility index (Phi) is 5.13. The minimum atomic E-state index is -0.761. The molecule has 3 aromatic rings. The second-order valence-electron chi connectivity index (χ2n) is 5.52. The van der Waals surface area contributed by atoms with Gasteiger partial charge in [-0.25, -0.2) is 0 Å². The van der Waals surface area contributed by atoms with E-state index in [2.05, 4.69) is 32.7 Å². The lowest BCUT2D eigenvalue weighted by molar-refractivity contribution is -0.119. The van der Waals surface area contributed by atoms with Crippen molar-refractivity contribution in [1.82, 2.24) is 25.2 Å². The van der Waals surface area contributed by atoms with Gasteiger partial charge in [-0.1, -0.05) is 42.5 Å². The summed E-state index contributed by atoms with van der Waals surface area (Å²) < 4.78 is 1.13. The SMILES string of the molecule is CCCc1nnc(NC(=O)[C@@H](CC)n2nnc3ccccc3c2=O)s1. The highest BCUT2D eigenvalue weighted by atomic mass is 32.1. The highest BCUT2D eigenvalue weighted by molar-refractivity contribution is 7.15. The van der Waals surface area contributed by atoms with Crippen LogP contribution in [0.4, 0.5) is 5.13 Å². The van der Waals surface area contributed by atoms with E-state index in [1.54, 1.807) is 24.3 Å². The third-order valence-corrected chi connectivity index (χ3v) is 4.64. The van der Waals surface area contributed by atoms with Crippen LogP contribution in [0.25, 0.3) is 10.9 Å². The highest BCUT2D eigenvalue weighted by Gasteiger charge is 2.23. The Morgan fingerprint density at radius 3 is 2.80 bits per heavy atom. The van der Waals surface area contributed by atoms with Crippen molar-refractivity contribution in [2.45, 2.75) is 39.2 Å². The predicted octanol–water partition coefficient (Wildman–Crippen LogP) is 2.19. The third-order valence-electron chi connectivity index (χ3n) is 3.74. The summed E-state index contributed by atoms with van der Waals surface area (Å²) in [5, 5.41) is 20.4. The lowest BCUT2D eigenvalue weighted by Crippen LogP contribution is -2.35. The summed E-state index contributed by atoms with van der Waals surface area (Å²) in [5.41, 5.74) is 0.170. The summed E-state index contributed by atoms with van der Waals surface area (Å²) in [5.74, 6) is -0.353. The normalized spacial score (nSPS) is 12.2. The van der Waals surface area contributed by atoms with Gasteiger partial charge in [-0.2, -0.15) is 4.68 Å². The number of aryl methyl sites for hydroxylation is 1. The van der Waals surface area contributed by atoms with Gasteiger partial charge in [0.25, 0.3) is 11.5 Å². The van der Waals surface area contributed by atoms with Crippen LogP contribution in [0.2, 0.25) is 0 Å². The van der Waals surface area contributed by atoms with Gasteiger partial charge in [-0.15, -0.1) is 15.3 Å². The molecule has 0 spiro atoms. The summed E-state index contributed by atoms with van der Waals surface area (Å²) in [6.07, 6.45) is 2.18. The molecule has 0 aliphatic rings. The number of benzene rings is 1. The van der Waals surface area contributed by atoms with Gasteiger partial charge in [-0.05, 0) is 25.0 Å². The van der Waals surface area contributed by atoms with Crippen molar-refractivity contribution >= 4 is 33.3 Å². The van der Waals surface area contributed by atoms with Gasteiger partial charge in [0.1, 0.15) is 16.6 Å². The van der Waals surface area contributed by atoms with E-state index < -0.39 is 6.04 Å². The number of carbonyl (C=O) groups excluding carboxylic acids is 1. The molecule has 2 heterocycles. The number of anilines is 1. The maximum Gasteiger partial charge on any atom is 0.278 e. The Morgan fingerprint density at radius 2 is 2.04 bits per heavy atom. The fourth-order valence-corrected chi connectivity index (χ4v) is 3.33. The summed E-state index contributed by atoms with van der Waals surface area (Å²) in [4.78, 5) is 25.2. The van der Waals surface area contributed by atoms with E-state index in [9.17, 15) is 9.59 Å². The zero-order chi connectivity index (χ0) is 17.8. The molecule has 0 unspecified atom stereocenters. The Morgan fingerprint density at radius 1 is 1.24 bits per heavy atom. The number of hydrogen-bond acceptors (Lipinski definition) is 7. The smallest absolute Gasteiger partial charge is 0.278 e. The van der Waals surface area contributed by atoms with Gasteiger partial charge in [0.15, 0.2) is 0 Å². The van der Waals surface area contributed by atoms with E-state index >= 15 is 0 Å². The van der Waals surface area contributed by atoms with Crippen molar-refractivity contribution in [3.8, 4) is 0 Å². The molecule has 0 radical (unpaired) electrons. The molecule has 1 aromatic carbocycles. The molecule has 0 saturated heterocycles. The number of nitrogens with one attached hydrogen (secondary N) is 1. The fourth-order valence-electron chi connectivity index (χ4n) is 2.48. The van der Waals surface area contributed by atoms with Gasteiger partial charge in [0.2, 0.25) is 5.13 Å². The third kappa shape index (κ3) is 3.55. The van der Waals surface area contributed by atoms with Crippen molar-refractivity contribution < 1.29 is 4.79 Å². The Hall–Kier alpha value is -2.68. The second kappa shape index (κ2) is 7.47. The molecule has 3 rings (SSSR count). The van der Waals surface area contributed by atoms with E-state index in [0.717, 1.165) is 22.5 Å². The van der Waals surface area contributed by atoms with Crippen molar-refractivity contribution in [2.24, 2.45) is 0 Å². The first-order chi connectivity index (χ1) is 12.1. The molecule has 1 N–H and O–H groups in total. The number of nitrogens with zero attached hydrogens (tertiary/aromatic N) is 5. The molecule has 1 atom stereocenters. The Bertz CT molecular complexity index is 951. The highest BCUT2D eigenvalue weighted by Crippen LogP contribution is 2.19. The summed E-state index contributed by atoms with van der Waals surface area (Å²) in [6, 6.07) is 6.17. The molecule has 25 heavy (non-hydrogen) atoms. The van der Waals surface area contributed by atoms with Crippen LogP contribution in [0, 0.1) is 0 Å². The van der Waals surface area contributed by atoms with Crippen molar-refractivity contribution in [3.63, 3.8) is 0 Å². The average Bonchev–Trinajstić information content (AvgIpc) is 3.05. The molecule has 0 saturated carbocycles. The van der Waals surface area contributed by atoms with E-state index in [-0.39, 0.29) is 11.5 Å². The van der Waals surface area contributed by atoms with Crippen LogP contribution in [0.15, 0.2) is 29.1 Å². The molecule has 2 aromatic heterocycles. The molecule has 8 nitrogen and oxygen atoms in total. The second-order valence-corrected chi connectivity index (χ2v) is 6.58. The van der Waals surface area contributed by atoms with Crippen molar-refractivity contribution in [1.29, 1.82) is 0 Å². The van der Waals surface area contributed by atoms with E-state index in [0.29, 0.717) is 22.5 Å². The van der Waals surface area contributed by atoms with Crippen LogP contribution >= 0.6 is 11.3 Å². The largest absolute Gasteiger partial charge is 0.299 e. The number of carbonyl (C=O) groups is 1. The Balaban J connectivity index is 1.87. The maximum absolute atomic E-state index is 12.6.